The van der Waals surface area contributed by atoms with E-state index in [-0.39, 0.29) is 12.0 Å². The molecular formula is C20H20N2O2. The number of esters is 1. The predicted molar refractivity (Wildman–Crippen MR) is 93.0 cm³/mol. The van der Waals surface area contributed by atoms with E-state index >= 15 is 0 Å². The number of nitrogens with zero attached hydrogens (tertiary/aromatic N) is 1. The van der Waals surface area contributed by atoms with E-state index in [2.05, 4.69) is 28.5 Å². The number of fused-ring (bicyclic) bond motifs is 3. The van der Waals surface area contributed by atoms with E-state index in [1.807, 2.05) is 37.4 Å². The Bertz CT molecular complexity index is 785. The molecule has 1 aromatic heterocycles. The van der Waals surface area contributed by atoms with Gasteiger partial charge in [0.1, 0.15) is 0 Å². The first-order valence-corrected chi connectivity index (χ1v) is 8.42. The van der Waals surface area contributed by atoms with Crippen LogP contribution in [0.15, 0.2) is 54.9 Å². The molecule has 0 spiro atoms. The number of carbonyl (C=O) groups is 1. The second-order valence-corrected chi connectivity index (χ2v) is 6.28. The molecule has 1 aliphatic carbocycles. The average Bonchev–Trinajstić information content (AvgIpc) is 3.11. The van der Waals surface area contributed by atoms with Crippen LogP contribution in [0.4, 0.5) is 5.69 Å². The highest BCUT2D eigenvalue weighted by atomic mass is 16.5. The number of hydrogen-bond donors (Lipinski definition) is 1. The summed E-state index contributed by atoms with van der Waals surface area (Å²) in [6.45, 7) is 2.22. The lowest BCUT2D eigenvalue weighted by atomic mass is 9.77. The molecular weight excluding hydrogens is 300 g/mol. The van der Waals surface area contributed by atoms with Crippen LogP contribution in [-0.2, 0) is 4.74 Å². The van der Waals surface area contributed by atoms with E-state index in [0.29, 0.717) is 24.0 Å². The molecule has 4 heteroatoms. The van der Waals surface area contributed by atoms with Crippen LogP contribution < -0.4 is 5.32 Å². The van der Waals surface area contributed by atoms with Gasteiger partial charge in [-0.1, -0.05) is 18.2 Å². The standard InChI is InChI=1S/C20H20N2O2/c1-2-24-20(23)13-8-9-18-17(11-13)15-6-3-7-16(15)19(22-18)14-5-4-10-21-12-14/h3-6,8-12,15-16,19,22H,2,7H2,1H3/t15-,16-,19+/m1/s1. The predicted octanol–water partition coefficient (Wildman–Crippen LogP) is 4.08. The fraction of sp³-hybridized carbons (Fsp3) is 0.300. The maximum atomic E-state index is 12.0. The Hall–Kier alpha value is -2.62. The summed E-state index contributed by atoms with van der Waals surface area (Å²) >= 11 is 0. The Labute approximate surface area is 141 Å². The minimum absolute atomic E-state index is 0.236. The van der Waals surface area contributed by atoms with Gasteiger partial charge < -0.3 is 10.1 Å². The molecule has 2 aliphatic rings. The van der Waals surface area contributed by atoms with E-state index in [0.717, 1.165) is 12.1 Å². The maximum Gasteiger partial charge on any atom is 0.338 e. The fourth-order valence-corrected chi connectivity index (χ4v) is 3.83. The summed E-state index contributed by atoms with van der Waals surface area (Å²) in [5, 5.41) is 3.65. The molecule has 0 fully saturated rings. The highest BCUT2D eigenvalue weighted by molar-refractivity contribution is 5.90. The van der Waals surface area contributed by atoms with Crippen molar-refractivity contribution in [3.05, 3.63) is 71.6 Å². The molecule has 3 atom stereocenters. The molecule has 0 amide bonds. The zero-order chi connectivity index (χ0) is 16.5. The molecule has 0 bridgehead atoms. The molecule has 24 heavy (non-hydrogen) atoms. The number of allylic oxidation sites excluding steroid dienone is 2. The van der Waals surface area contributed by atoms with Gasteiger partial charge in [-0.2, -0.15) is 0 Å². The molecule has 4 rings (SSSR count). The van der Waals surface area contributed by atoms with Gasteiger partial charge in [0.25, 0.3) is 0 Å². The molecule has 0 radical (unpaired) electrons. The number of hydrogen-bond acceptors (Lipinski definition) is 4. The normalized spacial score (nSPS) is 24.0. The Kier molecular flexibility index (Phi) is 3.81. The topological polar surface area (TPSA) is 51.2 Å². The van der Waals surface area contributed by atoms with Crippen LogP contribution in [0.5, 0.6) is 0 Å². The number of benzene rings is 1. The van der Waals surface area contributed by atoms with Crippen molar-refractivity contribution in [3.8, 4) is 0 Å². The van der Waals surface area contributed by atoms with Crippen molar-refractivity contribution in [1.82, 2.24) is 4.98 Å². The average molecular weight is 320 g/mol. The molecule has 122 valence electrons. The molecule has 1 aliphatic heterocycles. The van der Waals surface area contributed by atoms with Crippen molar-refractivity contribution in [2.45, 2.75) is 25.3 Å². The van der Waals surface area contributed by atoms with Gasteiger partial charge in [-0.15, -0.1) is 0 Å². The highest BCUT2D eigenvalue weighted by Crippen LogP contribution is 2.49. The van der Waals surface area contributed by atoms with Crippen LogP contribution >= 0.6 is 0 Å². The largest absolute Gasteiger partial charge is 0.462 e. The van der Waals surface area contributed by atoms with Crippen LogP contribution in [0.2, 0.25) is 0 Å². The van der Waals surface area contributed by atoms with Gasteiger partial charge in [0.2, 0.25) is 0 Å². The van der Waals surface area contributed by atoms with Gasteiger partial charge in [0, 0.05) is 24.0 Å². The summed E-state index contributed by atoms with van der Waals surface area (Å²) in [5.41, 5.74) is 4.09. The number of aromatic nitrogens is 1. The zero-order valence-corrected chi connectivity index (χ0v) is 13.6. The van der Waals surface area contributed by atoms with Gasteiger partial charge in [0.15, 0.2) is 0 Å². The summed E-state index contributed by atoms with van der Waals surface area (Å²) in [6, 6.07) is 10.1. The number of ether oxygens (including phenoxy) is 1. The van der Waals surface area contributed by atoms with Crippen molar-refractivity contribution in [3.63, 3.8) is 0 Å². The third kappa shape index (κ3) is 2.48. The van der Waals surface area contributed by atoms with E-state index in [1.165, 1.54) is 11.1 Å². The van der Waals surface area contributed by atoms with Gasteiger partial charge in [0.05, 0.1) is 18.2 Å². The Morgan fingerprint density at radius 1 is 1.38 bits per heavy atom. The van der Waals surface area contributed by atoms with Crippen molar-refractivity contribution < 1.29 is 9.53 Å². The van der Waals surface area contributed by atoms with Crippen molar-refractivity contribution in [2.75, 3.05) is 11.9 Å². The van der Waals surface area contributed by atoms with Crippen LogP contribution in [0, 0.1) is 5.92 Å². The molecule has 0 saturated carbocycles. The number of anilines is 1. The molecule has 0 saturated heterocycles. The van der Waals surface area contributed by atoms with Crippen molar-refractivity contribution >= 4 is 11.7 Å². The lowest BCUT2D eigenvalue weighted by molar-refractivity contribution is 0.0526. The number of pyridine rings is 1. The Morgan fingerprint density at radius 3 is 3.08 bits per heavy atom. The third-order valence-electron chi connectivity index (χ3n) is 4.92. The van der Waals surface area contributed by atoms with Gasteiger partial charge >= 0.3 is 5.97 Å². The summed E-state index contributed by atoms with van der Waals surface area (Å²) in [6.07, 6.45) is 9.27. The van der Waals surface area contributed by atoms with Crippen molar-refractivity contribution in [1.29, 1.82) is 0 Å². The molecule has 1 N–H and O–H groups in total. The zero-order valence-electron chi connectivity index (χ0n) is 13.6. The first kappa shape index (κ1) is 14.9. The van der Waals surface area contributed by atoms with E-state index in [4.69, 9.17) is 4.74 Å². The first-order valence-electron chi connectivity index (χ1n) is 8.42. The number of nitrogens with one attached hydrogen (secondary N) is 1. The van der Waals surface area contributed by atoms with Crippen LogP contribution in [0.1, 0.15) is 46.8 Å². The second kappa shape index (κ2) is 6.11. The van der Waals surface area contributed by atoms with Crippen LogP contribution in [0.3, 0.4) is 0 Å². The molecule has 2 heterocycles. The lowest BCUT2D eigenvalue weighted by Crippen LogP contribution is -2.29. The maximum absolute atomic E-state index is 12.0. The number of carbonyl (C=O) groups excluding carboxylic acids is 1. The van der Waals surface area contributed by atoms with E-state index in [9.17, 15) is 4.79 Å². The van der Waals surface area contributed by atoms with E-state index in [1.54, 1.807) is 6.20 Å². The minimum atomic E-state index is -0.256. The van der Waals surface area contributed by atoms with Gasteiger partial charge in [-0.3, -0.25) is 4.98 Å². The Balaban J connectivity index is 1.72. The molecule has 0 unspecified atom stereocenters. The van der Waals surface area contributed by atoms with Crippen LogP contribution in [-0.4, -0.2) is 17.6 Å². The lowest BCUT2D eigenvalue weighted by Gasteiger charge is -2.37. The monoisotopic (exact) mass is 320 g/mol. The van der Waals surface area contributed by atoms with Gasteiger partial charge in [-0.25, -0.2) is 4.79 Å². The highest BCUT2D eigenvalue weighted by Gasteiger charge is 2.38. The van der Waals surface area contributed by atoms with Crippen LogP contribution in [0.25, 0.3) is 0 Å². The quantitative estimate of drug-likeness (QED) is 0.684. The SMILES string of the molecule is CCOC(=O)c1ccc2c(c1)[C@@H]1C=CC[C@H]1[C@H](c1cccnc1)N2. The smallest absolute Gasteiger partial charge is 0.338 e. The van der Waals surface area contributed by atoms with Gasteiger partial charge in [-0.05, 0) is 54.7 Å². The Morgan fingerprint density at radius 2 is 2.29 bits per heavy atom. The van der Waals surface area contributed by atoms with E-state index < -0.39 is 0 Å². The number of rotatable bonds is 3. The summed E-state index contributed by atoms with van der Waals surface area (Å²) in [5.74, 6) is 0.508. The molecule has 2 aromatic rings. The third-order valence-corrected chi connectivity index (χ3v) is 4.92. The first-order chi connectivity index (χ1) is 11.8. The summed E-state index contributed by atoms with van der Waals surface area (Å²) < 4.78 is 5.14. The fourth-order valence-electron chi connectivity index (χ4n) is 3.83. The van der Waals surface area contributed by atoms with Crippen molar-refractivity contribution in [2.24, 2.45) is 5.92 Å². The summed E-state index contributed by atoms with van der Waals surface area (Å²) in [7, 11) is 0. The second-order valence-electron chi connectivity index (χ2n) is 6.28. The minimum Gasteiger partial charge on any atom is -0.462 e. The molecule has 1 aromatic carbocycles. The summed E-state index contributed by atoms with van der Waals surface area (Å²) in [4.78, 5) is 16.3. The molecule has 4 nitrogen and oxygen atoms in total.